The Hall–Kier alpha value is 0.0700. The van der Waals surface area contributed by atoms with Gasteiger partial charge < -0.3 is 10.1 Å². The van der Waals surface area contributed by atoms with Crippen molar-refractivity contribution >= 4 is 10.8 Å². The summed E-state index contributed by atoms with van der Waals surface area (Å²) in [6.45, 7) is 5.81. The smallest absolute Gasteiger partial charge is 0.0667 e. The van der Waals surface area contributed by atoms with Gasteiger partial charge in [0.25, 0.3) is 0 Å². The molecule has 0 aromatic rings. The first-order chi connectivity index (χ1) is 6.07. The SMILES string of the molecule is COC(C)CNCCC(C)S(C)=O. The van der Waals surface area contributed by atoms with Crippen LogP contribution in [0.25, 0.3) is 0 Å². The van der Waals surface area contributed by atoms with Crippen LogP contribution in [-0.2, 0) is 15.5 Å². The summed E-state index contributed by atoms with van der Waals surface area (Å²) in [6.07, 6.45) is 2.96. The van der Waals surface area contributed by atoms with Gasteiger partial charge in [-0.2, -0.15) is 0 Å². The van der Waals surface area contributed by atoms with E-state index in [0.29, 0.717) is 0 Å². The molecule has 0 bridgehead atoms. The lowest BCUT2D eigenvalue weighted by Gasteiger charge is -2.12. The number of ether oxygens (including phenoxy) is 1. The van der Waals surface area contributed by atoms with Gasteiger partial charge in [-0.15, -0.1) is 0 Å². The molecular weight excluding hydrogens is 186 g/mol. The second kappa shape index (κ2) is 7.47. The van der Waals surface area contributed by atoms with Gasteiger partial charge >= 0.3 is 0 Å². The Balaban J connectivity index is 3.30. The number of methoxy groups -OCH3 is 1. The van der Waals surface area contributed by atoms with Crippen molar-refractivity contribution in [3.63, 3.8) is 0 Å². The normalized spacial score (nSPS) is 18.2. The summed E-state index contributed by atoms with van der Waals surface area (Å²) in [4.78, 5) is 0. The summed E-state index contributed by atoms with van der Waals surface area (Å²) in [5.74, 6) is 0. The molecule has 0 radical (unpaired) electrons. The summed E-state index contributed by atoms with van der Waals surface area (Å²) in [7, 11) is 1.01. The van der Waals surface area contributed by atoms with E-state index < -0.39 is 10.8 Å². The molecule has 0 rings (SSSR count). The molecule has 3 nitrogen and oxygen atoms in total. The Morgan fingerprint density at radius 2 is 2.08 bits per heavy atom. The zero-order valence-electron chi connectivity index (χ0n) is 9.00. The van der Waals surface area contributed by atoms with Gasteiger partial charge in [0, 0.05) is 36.0 Å². The van der Waals surface area contributed by atoms with Crippen LogP contribution in [0, 0.1) is 0 Å². The molecule has 4 heteroatoms. The molecule has 0 saturated heterocycles. The predicted octanol–water partition coefficient (Wildman–Crippen LogP) is 0.768. The molecular formula is C9H21NO2S. The molecule has 13 heavy (non-hydrogen) atoms. The third-order valence-corrected chi connectivity index (χ3v) is 3.50. The number of hydrogen-bond donors (Lipinski definition) is 1. The summed E-state index contributed by atoms with van der Waals surface area (Å²) in [5.41, 5.74) is 0. The first kappa shape index (κ1) is 13.1. The molecule has 0 aromatic heterocycles. The Kier molecular flexibility index (Phi) is 7.51. The molecule has 0 spiro atoms. The van der Waals surface area contributed by atoms with Crippen molar-refractivity contribution in [2.24, 2.45) is 0 Å². The largest absolute Gasteiger partial charge is 0.380 e. The Bertz CT molecular complexity index is 153. The Morgan fingerprint density at radius 3 is 2.54 bits per heavy atom. The van der Waals surface area contributed by atoms with Crippen molar-refractivity contribution in [2.75, 3.05) is 26.5 Å². The molecule has 3 unspecified atom stereocenters. The fourth-order valence-electron chi connectivity index (χ4n) is 0.860. The van der Waals surface area contributed by atoms with Crippen molar-refractivity contribution in [1.29, 1.82) is 0 Å². The minimum absolute atomic E-state index is 0.252. The molecule has 1 N–H and O–H groups in total. The Morgan fingerprint density at radius 1 is 1.46 bits per heavy atom. The third-order valence-electron chi connectivity index (χ3n) is 2.13. The lowest BCUT2D eigenvalue weighted by atomic mass is 10.3. The molecule has 0 aliphatic heterocycles. The van der Waals surface area contributed by atoms with Gasteiger partial charge in [-0.1, -0.05) is 6.92 Å². The zero-order valence-corrected chi connectivity index (χ0v) is 9.82. The predicted molar refractivity (Wildman–Crippen MR) is 57.5 cm³/mol. The van der Waals surface area contributed by atoms with Gasteiger partial charge in [-0.25, -0.2) is 0 Å². The molecule has 0 fully saturated rings. The van der Waals surface area contributed by atoms with Crippen molar-refractivity contribution in [3.05, 3.63) is 0 Å². The molecule has 0 aromatic carbocycles. The summed E-state index contributed by atoms with van der Waals surface area (Å²) in [6, 6.07) is 0. The number of hydrogen-bond acceptors (Lipinski definition) is 3. The minimum atomic E-state index is -0.698. The van der Waals surface area contributed by atoms with Crippen LogP contribution in [0.3, 0.4) is 0 Å². The molecule has 0 aliphatic rings. The quantitative estimate of drug-likeness (QED) is 0.627. The van der Waals surface area contributed by atoms with E-state index >= 15 is 0 Å². The van der Waals surface area contributed by atoms with Gasteiger partial charge in [0.2, 0.25) is 0 Å². The number of nitrogens with one attached hydrogen (secondary N) is 1. The van der Waals surface area contributed by atoms with Crippen molar-refractivity contribution in [1.82, 2.24) is 5.32 Å². The fraction of sp³-hybridized carbons (Fsp3) is 1.00. The van der Waals surface area contributed by atoms with Crippen LogP contribution < -0.4 is 5.32 Å². The van der Waals surface area contributed by atoms with Gasteiger partial charge in [0.15, 0.2) is 0 Å². The topological polar surface area (TPSA) is 38.3 Å². The van der Waals surface area contributed by atoms with Gasteiger partial charge in [-0.3, -0.25) is 4.21 Å². The summed E-state index contributed by atoms with van der Waals surface area (Å²) < 4.78 is 16.1. The Labute approximate surface area is 83.7 Å². The summed E-state index contributed by atoms with van der Waals surface area (Å²) >= 11 is 0. The molecule has 0 saturated carbocycles. The average Bonchev–Trinajstić information content (AvgIpc) is 2.11. The minimum Gasteiger partial charge on any atom is -0.380 e. The van der Waals surface area contributed by atoms with Crippen LogP contribution in [0.1, 0.15) is 20.3 Å². The third kappa shape index (κ3) is 7.16. The standard InChI is InChI=1S/C9H21NO2S/c1-8(12-3)7-10-6-5-9(2)13(4)11/h8-10H,5-7H2,1-4H3. The molecule has 0 amide bonds. The first-order valence-corrected chi connectivity index (χ1v) is 6.25. The van der Waals surface area contributed by atoms with Crippen LogP contribution >= 0.6 is 0 Å². The second-order valence-corrected chi connectivity index (χ2v) is 5.15. The average molecular weight is 207 g/mol. The van der Waals surface area contributed by atoms with Crippen LogP contribution in [-0.4, -0.2) is 42.0 Å². The van der Waals surface area contributed by atoms with Crippen LogP contribution in [0.5, 0.6) is 0 Å². The summed E-state index contributed by atoms with van der Waals surface area (Å²) in [5, 5.41) is 3.55. The van der Waals surface area contributed by atoms with E-state index in [1.54, 1.807) is 13.4 Å². The van der Waals surface area contributed by atoms with Crippen molar-refractivity contribution in [3.8, 4) is 0 Å². The van der Waals surface area contributed by atoms with E-state index in [9.17, 15) is 4.21 Å². The monoisotopic (exact) mass is 207 g/mol. The highest BCUT2D eigenvalue weighted by molar-refractivity contribution is 7.84. The van der Waals surface area contributed by atoms with Gasteiger partial charge in [-0.05, 0) is 19.9 Å². The zero-order chi connectivity index (χ0) is 10.3. The fourth-order valence-corrected chi connectivity index (χ4v) is 1.31. The van der Waals surface area contributed by atoms with Crippen molar-refractivity contribution in [2.45, 2.75) is 31.6 Å². The second-order valence-electron chi connectivity index (χ2n) is 3.35. The highest BCUT2D eigenvalue weighted by atomic mass is 32.2. The molecule has 80 valence electrons. The molecule has 3 atom stereocenters. The maximum Gasteiger partial charge on any atom is 0.0667 e. The lowest BCUT2D eigenvalue weighted by Crippen LogP contribution is -2.28. The van der Waals surface area contributed by atoms with Gasteiger partial charge in [0.1, 0.15) is 0 Å². The van der Waals surface area contributed by atoms with E-state index in [-0.39, 0.29) is 11.4 Å². The van der Waals surface area contributed by atoms with E-state index in [2.05, 4.69) is 5.32 Å². The van der Waals surface area contributed by atoms with E-state index in [1.165, 1.54) is 0 Å². The highest BCUT2D eigenvalue weighted by Crippen LogP contribution is 1.97. The molecule has 0 heterocycles. The van der Waals surface area contributed by atoms with Crippen LogP contribution in [0.15, 0.2) is 0 Å². The van der Waals surface area contributed by atoms with E-state index in [0.717, 1.165) is 19.5 Å². The van der Waals surface area contributed by atoms with E-state index in [1.807, 2.05) is 13.8 Å². The van der Waals surface area contributed by atoms with Gasteiger partial charge in [0.05, 0.1) is 6.10 Å². The van der Waals surface area contributed by atoms with E-state index in [4.69, 9.17) is 4.74 Å². The van der Waals surface area contributed by atoms with Crippen LogP contribution in [0.2, 0.25) is 0 Å². The highest BCUT2D eigenvalue weighted by Gasteiger charge is 2.05. The maximum atomic E-state index is 11.0. The van der Waals surface area contributed by atoms with Crippen molar-refractivity contribution < 1.29 is 8.95 Å². The van der Waals surface area contributed by atoms with Crippen LogP contribution in [0.4, 0.5) is 0 Å². The molecule has 0 aliphatic carbocycles. The first-order valence-electron chi connectivity index (χ1n) is 4.63. The number of rotatable bonds is 7. The maximum absolute atomic E-state index is 11.0. The lowest BCUT2D eigenvalue weighted by molar-refractivity contribution is 0.117.